The highest BCUT2D eigenvalue weighted by atomic mass is 32.1. The maximum Gasteiger partial charge on any atom is 0.252 e. The SMILES string of the molecule is CCCOc1ccc(NC(=O)C[C@@H]2C(=O)N(CC)C(=S)N2CCNC(C)=O)cc1. The lowest BCUT2D eigenvalue weighted by Crippen LogP contribution is -2.42. The Hall–Kier alpha value is -2.68. The van der Waals surface area contributed by atoms with E-state index in [0.29, 0.717) is 37.0 Å². The van der Waals surface area contributed by atoms with Gasteiger partial charge in [-0.1, -0.05) is 6.92 Å². The van der Waals surface area contributed by atoms with Crippen molar-refractivity contribution in [2.24, 2.45) is 0 Å². The van der Waals surface area contributed by atoms with Crippen molar-refractivity contribution in [1.29, 1.82) is 0 Å². The second-order valence-electron chi connectivity index (χ2n) is 6.68. The molecule has 29 heavy (non-hydrogen) atoms. The van der Waals surface area contributed by atoms with E-state index in [1.165, 1.54) is 11.8 Å². The van der Waals surface area contributed by atoms with Gasteiger partial charge >= 0.3 is 0 Å². The Kier molecular flexibility index (Phi) is 8.38. The fourth-order valence-electron chi connectivity index (χ4n) is 3.03. The molecule has 8 nitrogen and oxygen atoms in total. The van der Waals surface area contributed by atoms with Crippen molar-refractivity contribution >= 4 is 40.7 Å². The first kappa shape index (κ1) is 22.6. The van der Waals surface area contributed by atoms with Gasteiger partial charge in [0.25, 0.3) is 5.91 Å². The molecule has 0 bridgehead atoms. The van der Waals surface area contributed by atoms with Gasteiger partial charge in [0.2, 0.25) is 11.8 Å². The van der Waals surface area contributed by atoms with Crippen LogP contribution in [0.3, 0.4) is 0 Å². The zero-order valence-electron chi connectivity index (χ0n) is 17.1. The van der Waals surface area contributed by atoms with E-state index < -0.39 is 6.04 Å². The number of ether oxygens (including phenoxy) is 1. The van der Waals surface area contributed by atoms with Crippen LogP contribution in [0.1, 0.15) is 33.6 Å². The maximum absolute atomic E-state index is 12.7. The third-order valence-corrected chi connectivity index (χ3v) is 4.89. The fraction of sp³-hybridized carbons (Fsp3) is 0.500. The number of hydrogen-bond donors (Lipinski definition) is 2. The van der Waals surface area contributed by atoms with Gasteiger partial charge in [-0.2, -0.15) is 0 Å². The summed E-state index contributed by atoms with van der Waals surface area (Å²) in [6.45, 7) is 7.07. The highest BCUT2D eigenvalue weighted by molar-refractivity contribution is 7.80. The molecule has 0 radical (unpaired) electrons. The first-order valence-corrected chi connectivity index (χ1v) is 10.2. The van der Waals surface area contributed by atoms with E-state index >= 15 is 0 Å². The molecule has 1 aliphatic rings. The summed E-state index contributed by atoms with van der Waals surface area (Å²) in [6, 6.07) is 6.43. The number of thiocarbonyl (C=S) groups is 1. The fourth-order valence-corrected chi connectivity index (χ4v) is 3.47. The topological polar surface area (TPSA) is 91.0 Å². The predicted octanol–water partition coefficient (Wildman–Crippen LogP) is 1.76. The summed E-state index contributed by atoms with van der Waals surface area (Å²) in [5.41, 5.74) is 0.629. The molecule has 0 aromatic heterocycles. The summed E-state index contributed by atoms with van der Waals surface area (Å²) >= 11 is 5.40. The summed E-state index contributed by atoms with van der Waals surface area (Å²) < 4.78 is 5.53. The quantitative estimate of drug-likeness (QED) is 0.561. The van der Waals surface area contributed by atoms with Crippen molar-refractivity contribution in [3.8, 4) is 5.75 Å². The summed E-state index contributed by atoms with van der Waals surface area (Å²) in [5.74, 6) is 0.105. The molecule has 1 aliphatic heterocycles. The van der Waals surface area contributed by atoms with Gasteiger partial charge in [0.15, 0.2) is 5.11 Å². The standard InChI is InChI=1S/C20H28N4O4S/c1-4-12-28-16-8-6-15(7-9-16)22-18(26)13-17-19(27)23(5-2)20(29)24(17)11-10-21-14(3)25/h6-9,17H,4-5,10-13H2,1-3H3,(H,21,25)(H,22,26)/t17-/m1/s1. The minimum Gasteiger partial charge on any atom is -0.494 e. The van der Waals surface area contributed by atoms with Crippen LogP contribution in [0.15, 0.2) is 24.3 Å². The minimum absolute atomic E-state index is 0.0242. The third kappa shape index (κ3) is 6.15. The number of carbonyl (C=O) groups is 3. The number of nitrogens with one attached hydrogen (secondary N) is 2. The molecule has 1 aromatic rings. The van der Waals surface area contributed by atoms with E-state index in [9.17, 15) is 14.4 Å². The van der Waals surface area contributed by atoms with Crippen LogP contribution in [-0.4, -0.2) is 64.9 Å². The van der Waals surface area contributed by atoms with Crippen molar-refractivity contribution in [2.45, 2.75) is 39.7 Å². The molecule has 2 rings (SSSR count). The van der Waals surface area contributed by atoms with Crippen LogP contribution in [0.2, 0.25) is 0 Å². The van der Waals surface area contributed by atoms with Gasteiger partial charge in [0.1, 0.15) is 11.8 Å². The Labute approximate surface area is 176 Å². The first-order valence-electron chi connectivity index (χ1n) is 9.76. The molecule has 1 heterocycles. The number of amides is 3. The van der Waals surface area contributed by atoms with Gasteiger partial charge in [0.05, 0.1) is 13.0 Å². The van der Waals surface area contributed by atoms with Crippen LogP contribution < -0.4 is 15.4 Å². The molecule has 0 unspecified atom stereocenters. The number of anilines is 1. The van der Waals surface area contributed by atoms with E-state index in [4.69, 9.17) is 17.0 Å². The number of benzene rings is 1. The van der Waals surface area contributed by atoms with Crippen LogP contribution >= 0.6 is 12.2 Å². The summed E-state index contributed by atoms with van der Waals surface area (Å²) in [5, 5.41) is 5.89. The van der Waals surface area contributed by atoms with Crippen LogP contribution in [0.5, 0.6) is 5.75 Å². The van der Waals surface area contributed by atoms with Gasteiger partial charge < -0.3 is 20.3 Å². The third-order valence-electron chi connectivity index (χ3n) is 4.44. The van der Waals surface area contributed by atoms with Gasteiger partial charge in [-0.05, 0) is 49.8 Å². The van der Waals surface area contributed by atoms with E-state index in [1.54, 1.807) is 29.2 Å². The summed E-state index contributed by atoms with van der Waals surface area (Å²) in [6.07, 6.45) is 0.895. The Balaban J connectivity index is 2.00. The van der Waals surface area contributed by atoms with Crippen molar-refractivity contribution < 1.29 is 19.1 Å². The molecule has 0 spiro atoms. The molecule has 3 amide bonds. The van der Waals surface area contributed by atoms with Gasteiger partial charge in [-0.15, -0.1) is 0 Å². The van der Waals surface area contributed by atoms with Crippen LogP contribution in [0, 0.1) is 0 Å². The van der Waals surface area contributed by atoms with Crippen molar-refractivity contribution in [1.82, 2.24) is 15.1 Å². The van der Waals surface area contributed by atoms with Crippen molar-refractivity contribution in [2.75, 3.05) is 31.6 Å². The van der Waals surface area contributed by atoms with Gasteiger partial charge in [-0.25, -0.2) is 0 Å². The molecular weight excluding hydrogens is 392 g/mol. The predicted molar refractivity (Wildman–Crippen MR) is 115 cm³/mol. The number of likely N-dealkylation sites (N-methyl/N-ethyl adjacent to an activating group) is 1. The molecule has 1 fully saturated rings. The molecule has 1 saturated heterocycles. The average Bonchev–Trinajstić information content (AvgIpc) is 2.90. The van der Waals surface area contributed by atoms with Crippen LogP contribution in [-0.2, 0) is 14.4 Å². The Morgan fingerprint density at radius 2 is 1.90 bits per heavy atom. The number of nitrogens with zero attached hydrogens (tertiary/aromatic N) is 2. The van der Waals surface area contributed by atoms with Gasteiger partial charge in [-0.3, -0.25) is 19.3 Å². The molecule has 2 N–H and O–H groups in total. The lowest BCUT2D eigenvalue weighted by Gasteiger charge is -2.23. The smallest absolute Gasteiger partial charge is 0.252 e. The van der Waals surface area contributed by atoms with Crippen LogP contribution in [0.4, 0.5) is 5.69 Å². The van der Waals surface area contributed by atoms with Crippen LogP contribution in [0.25, 0.3) is 0 Å². The molecule has 1 atom stereocenters. The molecular formula is C20H28N4O4S. The Morgan fingerprint density at radius 1 is 1.21 bits per heavy atom. The molecule has 9 heteroatoms. The number of carbonyl (C=O) groups excluding carboxylic acids is 3. The summed E-state index contributed by atoms with van der Waals surface area (Å²) in [4.78, 5) is 39.6. The number of hydrogen-bond acceptors (Lipinski definition) is 5. The van der Waals surface area contributed by atoms with E-state index in [1.807, 2.05) is 13.8 Å². The second-order valence-corrected chi connectivity index (χ2v) is 7.05. The average molecular weight is 421 g/mol. The first-order chi connectivity index (χ1) is 13.9. The Morgan fingerprint density at radius 3 is 2.48 bits per heavy atom. The lowest BCUT2D eigenvalue weighted by molar-refractivity contribution is -0.130. The summed E-state index contributed by atoms with van der Waals surface area (Å²) in [7, 11) is 0. The monoisotopic (exact) mass is 420 g/mol. The largest absolute Gasteiger partial charge is 0.494 e. The van der Waals surface area contributed by atoms with E-state index in [0.717, 1.165) is 12.2 Å². The van der Waals surface area contributed by atoms with Crippen molar-refractivity contribution in [3.05, 3.63) is 24.3 Å². The van der Waals surface area contributed by atoms with Gasteiger partial charge in [0, 0.05) is 32.2 Å². The zero-order chi connectivity index (χ0) is 21.4. The highest BCUT2D eigenvalue weighted by Gasteiger charge is 2.42. The second kappa shape index (κ2) is 10.8. The Bertz CT molecular complexity index is 753. The molecule has 0 saturated carbocycles. The minimum atomic E-state index is -0.677. The van der Waals surface area contributed by atoms with E-state index in [2.05, 4.69) is 10.6 Å². The molecule has 158 valence electrons. The lowest BCUT2D eigenvalue weighted by atomic mass is 10.1. The highest BCUT2D eigenvalue weighted by Crippen LogP contribution is 2.21. The van der Waals surface area contributed by atoms with E-state index in [-0.39, 0.29) is 24.1 Å². The number of rotatable bonds is 10. The zero-order valence-corrected chi connectivity index (χ0v) is 17.9. The molecule has 1 aromatic carbocycles. The van der Waals surface area contributed by atoms with Crippen molar-refractivity contribution in [3.63, 3.8) is 0 Å². The normalized spacial score (nSPS) is 16.2. The molecule has 0 aliphatic carbocycles. The maximum atomic E-state index is 12.7.